The number of halogens is 2. The number of fused-ring (bicyclic) bond motifs is 1. The van der Waals surface area contributed by atoms with Crippen molar-refractivity contribution in [2.75, 3.05) is 5.32 Å². The number of rotatable bonds is 4. The zero-order valence-corrected chi connectivity index (χ0v) is 16.4. The minimum absolute atomic E-state index is 0.0526. The highest BCUT2D eigenvalue weighted by Gasteiger charge is 2.23. The van der Waals surface area contributed by atoms with Crippen molar-refractivity contribution in [1.82, 2.24) is 9.78 Å². The maximum Gasteiger partial charge on any atom is 0.360 e. The Balaban J connectivity index is 1.81. The van der Waals surface area contributed by atoms with Crippen molar-refractivity contribution in [1.29, 1.82) is 0 Å². The number of aryl methyl sites for hydroxylation is 1. The molecule has 0 saturated carbocycles. The smallest absolute Gasteiger partial charge is 0.360 e. The lowest BCUT2D eigenvalue weighted by molar-refractivity contribution is -0.123. The third-order valence-corrected chi connectivity index (χ3v) is 4.37. The average Bonchev–Trinajstić information content (AvgIpc) is 2.63. The summed E-state index contributed by atoms with van der Waals surface area (Å²) in [5, 5.41) is 7.95. The molecule has 0 aliphatic rings. The second kappa shape index (κ2) is 8.00. The second-order valence-electron chi connectivity index (χ2n) is 6.02. The number of nitrogens with one attached hydrogen (secondary N) is 1. The average molecular weight is 420 g/mol. The molecule has 0 bridgehead atoms. The topological polar surface area (TPSA) is 90.3 Å². The number of benzene rings is 2. The van der Waals surface area contributed by atoms with Crippen LogP contribution in [0.15, 0.2) is 47.3 Å². The summed E-state index contributed by atoms with van der Waals surface area (Å²) < 4.78 is 6.29. The molecule has 0 fully saturated rings. The van der Waals surface area contributed by atoms with Crippen molar-refractivity contribution >= 4 is 51.5 Å². The maximum atomic E-state index is 12.6. The number of ether oxygens (including phenoxy) is 1. The molecule has 9 heteroatoms. The number of aromatic nitrogens is 2. The molecule has 3 aromatic rings. The van der Waals surface area contributed by atoms with Gasteiger partial charge in [-0.1, -0.05) is 41.4 Å². The fourth-order valence-electron chi connectivity index (χ4n) is 2.59. The number of carbonyl (C=O) groups is 2. The Bertz CT molecular complexity index is 1120. The summed E-state index contributed by atoms with van der Waals surface area (Å²) in [6, 6.07) is 11.1. The number of esters is 1. The molecule has 28 heavy (non-hydrogen) atoms. The van der Waals surface area contributed by atoms with Crippen molar-refractivity contribution in [2.45, 2.75) is 13.0 Å². The van der Waals surface area contributed by atoms with E-state index in [9.17, 15) is 14.4 Å². The van der Waals surface area contributed by atoms with E-state index in [-0.39, 0.29) is 11.3 Å². The van der Waals surface area contributed by atoms with Crippen molar-refractivity contribution < 1.29 is 14.3 Å². The summed E-state index contributed by atoms with van der Waals surface area (Å²) in [5.74, 6) is -1.39. The van der Waals surface area contributed by atoms with Crippen LogP contribution in [0.25, 0.3) is 10.8 Å². The molecule has 0 unspecified atom stereocenters. The molecule has 0 spiro atoms. The van der Waals surface area contributed by atoms with Crippen molar-refractivity contribution in [3.63, 3.8) is 0 Å². The van der Waals surface area contributed by atoms with E-state index in [0.717, 1.165) is 4.68 Å². The van der Waals surface area contributed by atoms with E-state index < -0.39 is 18.0 Å². The molecular formula is C19H15Cl2N3O4. The minimum Gasteiger partial charge on any atom is -0.448 e. The van der Waals surface area contributed by atoms with Crippen LogP contribution in [-0.2, 0) is 16.6 Å². The summed E-state index contributed by atoms with van der Waals surface area (Å²) in [6.45, 7) is 1.42. The zero-order valence-electron chi connectivity index (χ0n) is 14.9. The highest BCUT2D eigenvalue weighted by molar-refractivity contribution is 6.35. The number of nitrogens with zero attached hydrogens (tertiary/aromatic N) is 2. The van der Waals surface area contributed by atoms with Gasteiger partial charge in [0.2, 0.25) is 0 Å². The molecule has 1 aromatic heterocycles. The molecule has 1 amide bonds. The van der Waals surface area contributed by atoms with Gasteiger partial charge in [-0.15, -0.1) is 0 Å². The highest BCUT2D eigenvalue weighted by Crippen LogP contribution is 2.23. The van der Waals surface area contributed by atoms with Crippen molar-refractivity contribution in [3.8, 4) is 0 Å². The molecule has 2 aromatic carbocycles. The molecule has 1 N–H and O–H groups in total. The van der Waals surface area contributed by atoms with Gasteiger partial charge < -0.3 is 10.1 Å². The van der Waals surface area contributed by atoms with Crippen molar-refractivity contribution in [2.24, 2.45) is 7.05 Å². The Labute approximate surface area is 169 Å². The van der Waals surface area contributed by atoms with Gasteiger partial charge in [0.15, 0.2) is 11.8 Å². The molecule has 144 valence electrons. The molecule has 0 saturated heterocycles. The first-order valence-corrected chi connectivity index (χ1v) is 8.96. The zero-order chi connectivity index (χ0) is 20.4. The van der Waals surface area contributed by atoms with Crippen molar-refractivity contribution in [3.05, 3.63) is 68.6 Å². The Hall–Kier alpha value is -2.90. The van der Waals surface area contributed by atoms with Crippen LogP contribution >= 0.6 is 23.2 Å². The Morgan fingerprint density at radius 1 is 1.11 bits per heavy atom. The Morgan fingerprint density at radius 2 is 1.71 bits per heavy atom. The summed E-state index contributed by atoms with van der Waals surface area (Å²) in [7, 11) is 1.44. The van der Waals surface area contributed by atoms with Crippen LogP contribution in [0.5, 0.6) is 0 Å². The molecule has 0 aliphatic heterocycles. The second-order valence-corrected chi connectivity index (χ2v) is 6.89. The van der Waals surface area contributed by atoms with Gasteiger partial charge in [-0.2, -0.15) is 5.10 Å². The third-order valence-electron chi connectivity index (χ3n) is 3.93. The van der Waals surface area contributed by atoms with Gasteiger partial charge in [-0.25, -0.2) is 9.48 Å². The fraction of sp³-hybridized carbons (Fsp3) is 0.158. The quantitative estimate of drug-likeness (QED) is 0.654. The Morgan fingerprint density at radius 3 is 2.36 bits per heavy atom. The van der Waals surface area contributed by atoms with Gasteiger partial charge in [0.05, 0.1) is 5.39 Å². The predicted octanol–water partition coefficient (Wildman–Crippen LogP) is 3.42. The Kier molecular flexibility index (Phi) is 5.67. The number of hydrogen-bond acceptors (Lipinski definition) is 5. The standard InChI is InChI=1S/C19H15Cl2N3O4/c1-10(17(25)22-13-8-11(20)7-12(21)9-13)28-19(27)16-14-5-3-4-6-15(14)18(26)24(2)23-16/h3-10H,1-2H3,(H,22,25)/t10-/m0/s1. The van der Waals surface area contributed by atoms with E-state index in [2.05, 4.69) is 10.4 Å². The monoisotopic (exact) mass is 419 g/mol. The number of amides is 1. The van der Waals surface area contributed by atoms with Gasteiger partial charge in [-0.05, 0) is 31.2 Å². The lowest BCUT2D eigenvalue weighted by Crippen LogP contribution is -2.31. The first-order chi connectivity index (χ1) is 13.3. The van der Waals surface area contributed by atoms with Crippen LogP contribution in [0.3, 0.4) is 0 Å². The van der Waals surface area contributed by atoms with Crippen LogP contribution in [0, 0.1) is 0 Å². The largest absolute Gasteiger partial charge is 0.448 e. The van der Waals surface area contributed by atoms with Crippen LogP contribution in [0.1, 0.15) is 17.4 Å². The van der Waals surface area contributed by atoms with Crippen LogP contribution in [0.4, 0.5) is 5.69 Å². The maximum absolute atomic E-state index is 12.6. The van der Waals surface area contributed by atoms with Crippen LogP contribution < -0.4 is 10.9 Å². The van der Waals surface area contributed by atoms with E-state index in [1.54, 1.807) is 24.3 Å². The summed E-state index contributed by atoms with van der Waals surface area (Å²) in [5.41, 5.74) is -0.0185. The van der Waals surface area contributed by atoms with Gasteiger partial charge in [-0.3, -0.25) is 9.59 Å². The minimum atomic E-state index is -1.12. The molecular weight excluding hydrogens is 405 g/mol. The number of anilines is 1. The first kappa shape index (κ1) is 19.9. The molecule has 0 aliphatic carbocycles. The molecule has 3 rings (SSSR count). The summed E-state index contributed by atoms with van der Waals surface area (Å²) in [4.78, 5) is 37.1. The molecule has 0 radical (unpaired) electrons. The SMILES string of the molecule is C[C@H](OC(=O)c1nn(C)c(=O)c2ccccc12)C(=O)Nc1cc(Cl)cc(Cl)c1. The van der Waals surface area contributed by atoms with E-state index in [1.807, 2.05) is 0 Å². The summed E-state index contributed by atoms with van der Waals surface area (Å²) in [6.07, 6.45) is -1.12. The van der Waals surface area contributed by atoms with Gasteiger partial charge in [0.1, 0.15) is 0 Å². The lowest BCUT2D eigenvalue weighted by Gasteiger charge is -2.14. The first-order valence-electron chi connectivity index (χ1n) is 8.20. The fourth-order valence-corrected chi connectivity index (χ4v) is 3.12. The van der Waals surface area contributed by atoms with Crippen LogP contribution in [-0.4, -0.2) is 27.8 Å². The lowest BCUT2D eigenvalue weighted by atomic mass is 10.1. The number of hydrogen-bond donors (Lipinski definition) is 1. The molecule has 1 heterocycles. The van der Waals surface area contributed by atoms with Gasteiger partial charge >= 0.3 is 5.97 Å². The van der Waals surface area contributed by atoms with E-state index in [4.69, 9.17) is 27.9 Å². The van der Waals surface area contributed by atoms with Gasteiger partial charge in [0.25, 0.3) is 11.5 Å². The van der Waals surface area contributed by atoms with E-state index in [0.29, 0.717) is 26.5 Å². The van der Waals surface area contributed by atoms with E-state index >= 15 is 0 Å². The molecule has 1 atom stereocenters. The number of carbonyl (C=O) groups excluding carboxylic acids is 2. The normalized spacial score (nSPS) is 11.9. The molecule has 7 nitrogen and oxygen atoms in total. The summed E-state index contributed by atoms with van der Waals surface area (Å²) >= 11 is 11.8. The van der Waals surface area contributed by atoms with Crippen LogP contribution in [0.2, 0.25) is 10.0 Å². The third kappa shape index (κ3) is 4.16. The predicted molar refractivity (Wildman–Crippen MR) is 107 cm³/mol. The van der Waals surface area contributed by atoms with Gasteiger partial charge in [0, 0.05) is 28.2 Å². The highest BCUT2D eigenvalue weighted by atomic mass is 35.5. The van der Waals surface area contributed by atoms with E-state index in [1.165, 1.54) is 32.2 Å².